The Hall–Kier alpha value is -13.1. The number of aromatic hydroxyl groups is 1. The second kappa shape index (κ2) is 49.8. The van der Waals surface area contributed by atoms with E-state index < -0.39 is 242 Å². The van der Waals surface area contributed by atoms with Gasteiger partial charge in [-0.2, -0.15) is 0 Å². The van der Waals surface area contributed by atoms with Gasteiger partial charge in [0.25, 0.3) is 0 Å². The van der Waals surface area contributed by atoms with Gasteiger partial charge in [0.05, 0.1) is 56.7 Å². The summed E-state index contributed by atoms with van der Waals surface area (Å²) in [4.78, 5) is 270. The maximum Gasteiger partial charge on any atom is 0.246 e. The number of aromatic amines is 3. The van der Waals surface area contributed by atoms with E-state index in [1.807, 2.05) is 13.8 Å². The molecule has 0 bridgehead atoms. The van der Waals surface area contributed by atoms with Crippen LogP contribution < -0.4 is 70.4 Å². The summed E-state index contributed by atoms with van der Waals surface area (Å²) in [5.74, 6) is -17.4. The molecule has 0 spiro atoms. The number of unbranched alkanes of at least 4 members (excludes halogenated alkanes) is 2. The van der Waals surface area contributed by atoms with Crippen molar-refractivity contribution in [3.05, 3.63) is 120 Å². The molecule has 44 heteroatoms. The summed E-state index contributed by atoms with van der Waals surface area (Å²) in [6.07, 6.45) is 4.00. The van der Waals surface area contributed by atoms with E-state index in [9.17, 15) is 48.9 Å². The van der Waals surface area contributed by atoms with E-state index in [0.717, 1.165) is 31.4 Å². The smallest absolute Gasteiger partial charge is 0.246 e. The molecule has 17 amide bonds. The Morgan fingerprint density at radius 1 is 0.556 bits per heavy atom. The van der Waals surface area contributed by atoms with Gasteiger partial charge in [0.1, 0.15) is 90.3 Å². The van der Waals surface area contributed by atoms with E-state index in [2.05, 4.69) is 73.1 Å². The zero-order valence-electron chi connectivity index (χ0n) is 76.6. The minimum absolute atomic E-state index is 0.000298. The van der Waals surface area contributed by atoms with Gasteiger partial charge < -0.3 is 130 Å². The minimum Gasteiger partial charge on any atom is -0.508 e. The lowest BCUT2D eigenvalue weighted by molar-refractivity contribution is -0.152. The van der Waals surface area contributed by atoms with Crippen LogP contribution in [0.15, 0.2) is 97.7 Å². The number of amides is 17. The SMILES string of the molecule is CCCC[C@H]1C(=O)N(C)[C@@H](CCCC)C(=O)N[C@@H](CCCN)C(=O)N[C@H](C(=O)NCC(N)=O)CSCC(=O)N[C@H](Cc2ccc(O)cc2)C(=O)N2CCOCC2C(=O)N[C@@H](CC(N)=O)C(=O)N2CCC[C@H]2C(=O)N[C@@H](Cc2c[nH]cn2)C(=O)N[C@@H](CC(C)C)C(=O)N2C[C@H](O)C[C@H]2C(=O)N[C@H](Cc2c[nH]c3ccccc23)C(=O)N[C@@H](CO)C(=O)N[C@@H](Cc2c[nH]c3ccccc23)C(=O)N1C. The molecule has 15 atom stereocenters. The summed E-state index contributed by atoms with van der Waals surface area (Å²) < 4.78 is 5.74. The van der Waals surface area contributed by atoms with Gasteiger partial charge in [0, 0.05) is 112 Å². The lowest BCUT2D eigenvalue weighted by atomic mass is 10.00. The van der Waals surface area contributed by atoms with E-state index in [-0.39, 0.29) is 114 Å². The third kappa shape index (κ3) is 28.3. The first-order chi connectivity index (χ1) is 64.6. The Balaban J connectivity index is 1.02. The van der Waals surface area contributed by atoms with Crippen molar-refractivity contribution in [1.29, 1.82) is 0 Å². The Kier molecular flexibility index (Phi) is 38.4. The molecule has 43 nitrogen and oxygen atoms in total. The number of hydrogen-bond acceptors (Lipinski definition) is 24. The van der Waals surface area contributed by atoms with Crippen LogP contribution in [0.1, 0.15) is 134 Å². The van der Waals surface area contributed by atoms with Crippen LogP contribution in [0.2, 0.25) is 0 Å². The Morgan fingerprint density at radius 3 is 1.71 bits per heavy atom. The van der Waals surface area contributed by atoms with Gasteiger partial charge in [-0.3, -0.25) is 81.5 Å². The highest BCUT2D eigenvalue weighted by atomic mass is 32.2. The van der Waals surface area contributed by atoms with E-state index in [4.69, 9.17) is 21.9 Å². The monoisotopic (exact) mass is 1890 g/mol. The maximum atomic E-state index is 15.7. The van der Waals surface area contributed by atoms with Crippen molar-refractivity contribution in [2.45, 2.75) is 228 Å². The Morgan fingerprint density at radius 2 is 1.10 bits per heavy atom. The molecule has 3 aromatic carbocycles. The number of H-pyrrole nitrogens is 3. The number of para-hydroxylation sites is 2. The van der Waals surface area contributed by atoms with E-state index in [1.54, 1.807) is 74.8 Å². The van der Waals surface area contributed by atoms with Crippen LogP contribution in [0.4, 0.5) is 0 Å². The second-order valence-electron chi connectivity index (χ2n) is 34.9. The molecule has 7 heterocycles. The Labute approximate surface area is 784 Å². The average Bonchev–Trinajstić information content (AvgIpc) is 1.43. The summed E-state index contributed by atoms with van der Waals surface area (Å²) in [5, 5.41) is 60.9. The predicted octanol–water partition coefficient (Wildman–Crippen LogP) is -3.07. The first-order valence-corrected chi connectivity index (χ1v) is 46.8. The standard InChI is InChI=1S/C91H126N22O21S/c1-7-9-22-70-83(125)101-61(21-15-29-92)79(121)108-69(78(120)98-43-76(94)118)47-135-48-77(119)100-65(34-51-25-27-55(115)28-26-51)88(130)112-31-32-134-46-74(112)86(128)106-67(39-75(93)117)89(131)111-30-16-24-71(111)84(126)103-63(37-54-42-95-49-99-54)81(123)104-64(33-50(3)4)90(132)113-44-56(116)38-73(113)85(127)102-62(35-52-40-96-59-19-13-11-17-57(52)59)80(122)107-68(45-114)82(124)105-66(36-53-41-97-60-20-14-12-18-58(53)60)87(129)110(6)72(23-10-8-2)91(133)109(70)5/h11-14,17-20,25-28,40-42,49-50,56,61-74,96-97,114-116H,7-10,15-16,21-24,29-39,43-48,92H2,1-6H3,(H2,93,117)(H2,94,118)(H,95,99)(H,98,120)(H,100,119)(H,101,125)(H,102,127)(H,103,126)(H,104,123)(H,105,124)(H,106,128)(H,107,122)(H,108,121)/t56-,61+,62-,63+,64+,65-,66+,67+,68+,69+,70+,71+,72+,73+,74?/m1/s1. The van der Waals surface area contributed by atoms with Crippen LogP contribution in [0.3, 0.4) is 0 Å². The molecular formula is C91H126N22O21S. The van der Waals surface area contributed by atoms with Crippen molar-refractivity contribution in [1.82, 2.24) is 97.6 Å². The van der Waals surface area contributed by atoms with Gasteiger partial charge in [-0.1, -0.05) is 102 Å². The van der Waals surface area contributed by atoms with Crippen LogP contribution in [0.5, 0.6) is 5.75 Å². The number of carbonyl (C=O) groups excluding carboxylic acids is 17. The number of primary amides is 2. The molecular weight excluding hydrogens is 1770 g/mol. The summed E-state index contributed by atoms with van der Waals surface area (Å²) in [6, 6.07) is -2.08. The van der Waals surface area contributed by atoms with Crippen molar-refractivity contribution in [2.75, 3.05) is 78.1 Å². The van der Waals surface area contributed by atoms with Gasteiger partial charge in [-0.05, 0) is 98.4 Å². The number of carbonyl (C=O) groups is 17. The number of ether oxygens (including phenoxy) is 1. The number of aromatic nitrogens is 4. The average molecular weight is 1900 g/mol. The van der Waals surface area contributed by atoms with Crippen LogP contribution in [0, 0.1) is 5.92 Å². The molecule has 6 aromatic rings. The molecule has 0 aliphatic carbocycles. The van der Waals surface area contributed by atoms with E-state index >= 15 is 47.9 Å². The molecule has 4 fully saturated rings. The number of phenols is 1. The van der Waals surface area contributed by atoms with Gasteiger partial charge in [0.15, 0.2) is 0 Å². The second-order valence-corrected chi connectivity index (χ2v) is 35.9. The molecule has 4 saturated heterocycles. The highest BCUT2D eigenvalue weighted by molar-refractivity contribution is 8.00. The van der Waals surface area contributed by atoms with Crippen LogP contribution >= 0.6 is 11.8 Å². The summed E-state index contributed by atoms with van der Waals surface area (Å²) in [7, 11) is 2.71. The molecule has 135 heavy (non-hydrogen) atoms. The fourth-order valence-corrected chi connectivity index (χ4v) is 18.1. The van der Waals surface area contributed by atoms with Gasteiger partial charge in [-0.15, -0.1) is 11.8 Å². The molecule has 3 aromatic heterocycles. The molecule has 4 aliphatic rings. The van der Waals surface area contributed by atoms with Crippen molar-refractivity contribution < 1.29 is 102 Å². The van der Waals surface area contributed by atoms with Gasteiger partial charge in [0.2, 0.25) is 100 Å². The number of nitrogens with one attached hydrogen (secondary N) is 13. The zero-order chi connectivity index (χ0) is 97.9. The van der Waals surface area contributed by atoms with E-state index in [1.165, 1.54) is 55.8 Å². The molecule has 1 unspecified atom stereocenters. The number of likely N-dealkylation sites (N-methyl/N-ethyl adjacent to an activating group) is 2. The number of nitrogens with two attached hydrogens (primary N) is 3. The van der Waals surface area contributed by atoms with Gasteiger partial charge >= 0.3 is 0 Å². The van der Waals surface area contributed by atoms with E-state index in [0.29, 0.717) is 64.2 Å². The van der Waals surface area contributed by atoms with Crippen molar-refractivity contribution in [3.63, 3.8) is 0 Å². The lowest BCUT2D eigenvalue weighted by Gasteiger charge is -2.38. The number of nitrogens with zero attached hydrogens (tertiary/aromatic N) is 6. The number of morpholine rings is 1. The summed E-state index contributed by atoms with van der Waals surface area (Å²) in [6.45, 7) is 3.88. The molecule has 4 aliphatic heterocycles. The maximum absolute atomic E-state index is 15.7. The first kappa shape index (κ1) is 104. The zero-order valence-corrected chi connectivity index (χ0v) is 77.4. The molecule has 10 rings (SSSR count). The number of imidazole rings is 1. The van der Waals surface area contributed by atoms with Crippen molar-refractivity contribution in [2.24, 2.45) is 23.1 Å². The quantitative estimate of drug-likeness (QED) is 0.0270. The fourth-order valence-electron chi connectivity index (χ4n) is 17.2. The third-order valence-corrected chi connectivity index (χ3v) is 25.5. The number of aliphatic hydroxyl groups is 2. The number of thioether (sulfide) groups is 1. The number of fused-ring (bicyclic) bond motifs is 5. The number of rotatable bonds is 25. The fraction of sp³-hybridized carbons (Fsp3) is 0.538. The molecule has 22 N–H and O–H groups in total. The normalized spacial score (nSPS) is 25.3. The topological polar surface area (TPSA) is 635 Å². The first-order valence-electron chi connectivity index (χ1n) is 45.6. The number of hydrogen-bond donors (Lipinski definition) is 19. The predicted molar refractivity (Wildman–Crippen MR) is 493 cm³/mol. The molecule has 0 saturated carbocycles. The van der Waals surface area contributed by atoms with Crippen LogP contribution in [-0.4, -0.2) is 329 Å². The number of aliphatic hydroxyl groups excluding tert-OH is 2. The Bertz CT molecular complexity index is 5190. The van der Waals surface area contributed by atoms with Crippen LogP contribution in [0.25, 0.3) is 21.8 Å². The lowest BCUT2D eigenvalue weighted by Crippen LogP contribution is -2.63. The number of phenolic OH excluding ortho intramolecular Hbond substituents is 1. The van der Waals surface area contributed by atoms with Crippen molar-refractivity contribution >= 4 is 134 Å². The number of benzene rings is 3. The molecule has 0 radical (unpaired) electrons. The minimum atomic E-state index is -1.88. The largest absolute Gasteiger partial charge is 0.508 e. The summed E-state index contributed by atoms with van der Waals surface area (Å²) >= 11 is 0.782. The molecule has 732 valence electrons. The summed E-state index contributed by atoms with van der Waals surface area (Å²) in [5.41, 5.74) is 20.2. The van der Waals surface area contributed by atoms with Gasteiger partial charge in [-0.25, -0.2) is 4.98 Å². The highest BCUT2D eigenvalue weighted by Gasteiger charge is 2.48. The van der Waals surface area contributed by atoms with Crippen LogP contribution in [-0.2, 0) is 112 Å². The van der Waals surface area contributed by atoms with Crippen molar-refractivity contribution in [3.8, 4) is 5.75 Å². The third-order valence-electron chi connectivity index (χ3n) is 24.4. The highest BCUT2D eigenvalue weighted by Crippen LogP contribution is 2.29.